The molecule has 0 spiro atoms. The number of fused-ring (bicyclic) bond motifs is 1. The summed E-state index contributed by atoms with van der Waals surface area (Å²) in [7, 11) is 0. The zero-order valence-corrected chi connectivity index (χ0v) is 18.0. The molecular weight excluding hydrogens is 392 g/mol. The van der Waals surface area contributed by atoms with E-state index in [9.17, 15) is 9.59 Å². The molecule has 2 amide bonds. The third-order valence-electron chi connectivity index (χ3n) is 5.97. The van der Waals surface area contributed by atoms with Gasteiger partial charge in [-0.2, -0.15) is 0 Å². The van der Waals surface area contributed by atoms with Gasteiger partial charge in [0.1, 0.15) is 5.75 Å². The van der Waals surface area contributed by atoms with E-state index in [-0.39, 0.29) is 17.9 Å². The Hall–Kier alpha value is -2.86. The Morgan fingerprint density at radius 2 is 1.94 bits per heavy atom. The second-order valence-corrected chi connectivity index (χ2v) is 8.24. The van der Waals surface area contributed by atoms with E-state index in [0.717, 1.165) is 44.5 Å². The van der Waals surface area contributed by atoms with Crippen LogP contribution in [0.2, 0.25) is 0 Å². The fourth-order valence-electron chi connectivity index (χ4n) is 4.23. The molecule has 1 aliphatic heterocycles. The molecule has 1 fully saturated rings. The molecule has 4 rings (SSSR count). The summed E-state index contributed by atoms with van der Waals surface area (Å²) < 4.78 is 11.6. The van der Waals surface area contributed by atoms with E-state index in [1.807, 2.05) is 12.1 Å². The standard InChI is InChI=1S/C25H30N2O4/c1-17(31-23-14-6-9-18-8-2-3-11-20(18)23)24(28)27-22-13-5-4-12-21(22)25(29)26-16-19-10-7-15-30-19/h4-6,9,12-14,17,19H,2-3,7-8,10-11,15-16H2,1H3,(H,26,29)(H,27,28)/t17-,19-/m0/s1. The lowest BCUT2D eigenvalue weighted by Crippen LogP contribution is -2.34. The van der Waals surface area contributed by atoms with E-state index < -0.39 is 6.10 Å². The van der Waals surface area contributed by atoms with Crippen molar-refractivity contribution >= 4 is 17.5 Å². The SMILES string of the molecule is C[C@H](Oc1cccc2c1CCCC2)C(=O)Nc1ccccc1C(=O)NC[C@@H]1CCCO1. The van der Waals surface area contributed by atoms with E-state index in [0.29, 0.717) is 17.8 Å². The molecule has 1 aliphatic carbocycles. The van der Waals surface area contributed by atoms with Gasteiger partial charge in [0.05, 0.1) is 17.4 Å². The van der Waals surface area contributed by atoms with Gasteiger partial charge >= 0.3 is 0 Å². The van der Waals surface area contributed by atoms with Crippen LogP contribution in [0, 0.1) is 0 Å². The number of anilines is 1. The Bertz CT molecular complexity index is 937. The smallest absolute Gasteiger partial charge is 0.265 e. The second kappa shape index (κ2) is 9.96. The molecule has 2 aromatic carbocycles. The van der Waals surface area contributed by atoms with Crippen molar-refractivity contribution in [3.63, 3.8) is 0 Å². The minimum atomic E-state index is -0.684. The van der Waals surface area contributed by atoms with Crippen LogP contribution in [0.5, 0.6) is 5.75 Å². The van der Waals surface area contributed by atoms with Gasteiger partial charge in [0.2, 0.25) is 0 Å². The average Bonchev–Trinajstić information content (AvgIpc) is 3.32. The van der Waals surface area contributed by atoms with Gasteiger partial charge in [-0.3, -0.25) is 9.59 Å². The van der Waals surface area contributed by atoms with E-state index in [1.165, 1.54) is 17.5 Å². The number of nitrogens with one attached hydrogen (secondary N) is 2. The summed E-state index contributed by atoms with van der Waals surface area (Å²) in [5, 5.41) is 5.77. The van der Waals surface area contributed by atoms with Crippen LogP contribution in [0.15, 0.2) is 42.5 Å². The number of benzene rings is 2. The third-order valence-corrected chi connectivity index (χ3v) is 5.97. The molecule has 0 bridgehead atoms. The summed E-state index contributed by atoms with van der Waals surface area (Å²) in [4.78, 5) is 25.5. The Labute approximate surface area is 183 Å². The summed E-state index contributed by atoms with van der Waals surface area (Å²) in [5.41, 5.74) is 3.42. The van der Waals surface area contributed by atoms with Gasteiger partial charge in [-0.1, -0.05) is 24.3 Å². The van der Waals surface area contributed by atoms with Crippen molar-refractivity contribution in [2.24, 2.45) is 0 Å². The van der Waals surface area contributed by atoms with Crippen LogP contribution in [0.25, 0.3) is 0 Å². The van der Waals surface area contributed by atoms with Crippen molar-refractivity contribution in [1.29, 1.82) is 0 Å². The number of carbonyl (C=O) groups is 2. The molecule has 0 unspecified atom stereocenters. The fraction of sp³-hybridized carbons (Fsp3) is 0.440. The molecule has 2 atom stereocenters. The second-order valence-electron chi connectivity index (χ2n) is 8.24. The minimum Gasteiger partial charge on any atom is -0.481 e. The first-order valence-corrected chi connectivity index (χ1v) is 11.2. The molecule has 1 heterocycles. The lowest BCUT2D eigenvalue weighted by molar-refractivity contribution is -0.122. The first kappa shape index (κ1) is 21.4. The van der Waals surface area contributed by atoms with Crippen molar-refractivity contribution in [2.75, 3.05) is 18.5 Å². The van der Waals surface area contributed by atoms with Crippen molar-refractivity contribution in [3.05, 3.63) is 59.2 Å². The van der Waals surface area contributed by atoms with E-state index >= 15 is 0 Å². The number of hydrogen-bond acceptors (Lipinski definition) is 4. The summed E-state index contributed by atoms with van der Waals surface area (Å²) in [6, 6.07) is 13.1. The number of rotatable bonds is 7. The van der Waals surface area contributed by atoms with Crippen LogP contribution in [0.4, 0.5) is 5.69 Å². The highest BCUT2D eigenvalue weighted by Crippen LogP contribution is 2.30. The lowest BCUT2D eigenvalue weighted by Gasteiger charge is -2.22. The highest BCUT2D eigenvalue weighted by molar-refractivity contribution is 6.04. The Balaban J connectivity index is 1.40. The molecule has 164 valence electrons. The minimum absolute atomic E-state index is 0.0657. The number of carbonyl (C=O) groups excluding carboxylic acids is 2. The lowest BCUT2D eigenvalue weighted by atomic mass is 9.91. The molecule has 2 aliphatic rings. The Kier molecular flexibility index (Phi) is 6.87. The summed E-state index contributed by atoms with van der Waals surface area (Å²) in [6.07, 6.45) is 5.73. The van der Waals surface area contributed by atoms with Crippen LogP contribution in [-0.2, 0) is 22.4 Å². The normalized spacial score (nSPS) is 18.7. The van der Waals surface area contributed by atoms with E-state index in [1.54, 1.807) is 31.2 Å². The van der Waals surface area contributed by atoms with Gasteiger partial charge < -0.3 is 20.1 Å². The molecule has 0 saturated carbocycles. The maximum Gasteiger partial charge on any atom is 0.265 e. The van der Waals surface area contributed by atoms with Crippen molar-refractivity contribution in [3.8, 4) is 5.75 Å². The maximum atomic E-state index is 12.8. The van der Waals surface area contributed by atoms with Crippen LogP contribution in [0.1, 0.15) is 54.1 Å². The largest absolute Gasteiger partial charge is 0.481 e. The summed E-state index contributed by atoms with van der Waals surface area (Å²) >= 11 is 0. The first-order valence-electron chi connectivity index (χ1n) is 11.2. The van der Waals surface area contributed by atoms with Crippen LogP contribution >= 0.6 is 0 Å². The molecule has 31 heavy (non-hydrogen) atoms. The number of aryl methyl sites for hydroxylation is 1. The number of ether oxygens (including phenoxy) is 2. The molecule has 0 radical (unpaired) electrons. The molecule has 1 saturated heterocycles. The van der Waals surface area contributed by atoms with E-state index in [2.05, 4.69) is 16.7 Å². The third kappa shape index (κ3) is 5.25. The highest BCUT2D eigenvalue weighted by Gasteiger charge is 2.22. The molecule has 2 N–H and O–H groups in total. The van der Waals surface area contributed by atoms with Gasteiger partial charge in [-0.05, 0) is 74.8 Å². The first-order chi connectivity index (χ1) is 15.1. The van der Waals surface area contributed by atoms with Gasteiger partial charge in [0.15, 0.2) is 6.10 Å². The fourth-order valence-corrected chi connectivity index (χ4v) is 4.23. The molecule has 6 heteroatoms. The topological polar surface area (TPSA) is 76.7 Å². The van der Waals surface area contributed by atoms with Crippen LogP contribution in [0.3, 0.4) is 0 Å². The maximum absolute atomic E-state index is 12.8. The van der Waals surface area contributed by atoms with Gasteiger partial charge in [0.25, 0.3) is 11.8 Å². The van der Waals surface area contributed by atoms with E-state index in [4.69, 9.17) is 9.47 Å². The average molecular weight is 423 g/mol. The Morgan fingerprint density at radius 3 is 2.77 bits per heavy atom. The number of amides is 2. The zero-order chi connectivity index (χ0) is 21.6. The van der Waals surface area contributed by atoms with Crippen LogP contribution < -0.4 is 15.4 Å². The van der Waals surface area contributed by atoms with Gasteiger partial charge in [-0.25, -0.2) is 0 Å². The predicted octanol–water partition coefficient (Wildman–Crippen LogP) is 3.88. The summed E-state index contributed by atoms with van der Waals surface area (Å²) in [5.74, 6) is 0.271. The van der Waals surface area contributed by atoms with Crippen molar-refractivity contribution < 1.29 is 19.1 Å². The van der Waals surface area contributed by atoms with Crippen molar-refractivity contribution in [2.45, 2.75) is 57.7 Å². The van der Waals surface area contributed by atoms with Crippen molar-refractivity contribution in [1.82, 2.24) is 5.32 Å². The Morgan fingerprint density at radius 1 is 1.10 bits per heavy atom. The molecule has 6 nitrogen and oxygen atoms in total. The van der Waals surface area contributed by atoms with Gasteiger partial charge in [-0.15, -0.1) is 0 Å². The summed E-state index contributed by atoms with van der Waals surface area (Å²) in [6.45, 7) is 2.95. The predicted molar refractivity (Wildman–Crippen MR) is 120 cm³/mol. The number of hydrogen-bond donors (Lipinski definition) is 2. The zero-order valence-electron chi connectivity index (χ0n) is 18.0. The molecular formula is C25H30N2O4. The highest BCUT2D eigenvalue weighted by atomic mass is 16.5. The van der Waals surface area contributed by atoms with Crippen LogP contribution in [-0.4, -0.2) is 37.2 Å². The molecule has 0 aromatic heterocycles. The molecule has 2 aromatic rings. The number of para-hydroxylation sites is 1. The monoisotopic (exact) mass is 422 g/mol. The van der Waals surface area contributed by atoms with Gasteiger partial charge in [0, 0.05) is 13.2 Å². The quantitative estimate of drug-likeness (QED) is 0.710.